The zero-order chi connectivity index (χ0) is 16.7. The van der Waals surface area contributed by atoms with Crippen LogP contribution < -0.4 is 0 Å². The first-order valence-electron chi connectivity index (χ1n) is 6.91. The van der Waals surface area contributed by atoms with Crippen LogP contribution in [0.2, 0.25) is 0 Å². The van der Waals surface area contributed by atoms with Crippen LogP contribution in [0.25, 0.3) is 5.65 Å². The molecule has 1 N–H and O–H groups in total. The molecule has 0 aliphatic rings. The molecular weight excluding hydrogens is 373 g/mol. The molecule has 2 heterocycles. The van der Waals surface area contributed by atoms with E-state index in [4.69, 9.17) is 0 Å². The highest BCUT2D eigenvalue weighted by molar-refractivity contribution is 9.10. The van der Waals surface area contributed by atoms with Crippen molar-refractivity contribution in [3.63, 3.8) is 0 Å². The van der Waals surface area contributed by atoms with E-state index < -0.39 is 23.6 Å². The molecule has 1 aromatic carbocycles. The van der Waals surface area contributed by atoms with E-state index in [1.54, 1.807) is 22.7 Å². The third-order valence-corrected chi connectivity index (χ3v) is 4.25. The molecule has 0 bridgehead atoms. The van der Waals surface area contributed by atoms with Gasteiger partial charge in [0.05, 0.1) is 15.9 Å². The number of rotatable bonds is 3. The fourth-order valence-electron chi connectivity index (χ4n) is 2.54. The molecule has 0 spiro atoms. The van der Waals surface area contributed by atoms with Gasteiger partial charge in [-0.15, -0.1) is 0 Å². The van der Waals surface area contributed by atoms with Gasteiger partial charge in [0, 0.05) is 6.20 Å². The van der Waals surface area contributed by atoms with Gasteiger partial charge in [0.25, 0.3) is 0 Å². The minimum Gasteiger partial charge on any atom is -0.382 e. The van der Waals surface area contributed by atoms with Gasteiger partial charge in [0.1, 0.15) is 6.10 Å². The van der Waals surface area contributed by atoms with Crippen LogP contribution in [-0.2, 0) is 6.42 Å². The van der Waals surface area contributed by atoms with E-state index in [2.05, 4.69) is 20.9 Å². The Labute approximate surface area is 138 Å². The van der Waals surface area contributed by atoms with Gasteiger partial charge in [-0.1, -0.05) is 6.92 Å². The molecule has 0 saturated heterocycles. The summed E-state index contributed by atoms with van der Waals surface area (Å²) < 4.78 is 42.4. The lowest BCUT2D eigenvalue weighted by Gasteiger charge is -2.13. The Morgan fingerprint density at radius 3 is 2.52 bits per heavy atom. The number of hydrogen-bond acceptors (Lipinski definition) is 2. The molecule has 3 aromatic rings. The average molecular weight is 385 g/mol. The van der Waals surface area contributed by atoms with Crippen molar-refractivity contribution >= 4 is 21.6 Å². The lowest BCUT2D eigenvalue weighted by molar-refractivity contribution is 0.211. The van der Waals surface area contributed by atoms with Crippen LogP contribution >= 0.6 is 15.9 Å². The van der Waals surface area contributed by atoms with E-state index in [1.807, 2.05) is 6.92 Å². The molecule has 1 unspecified atom stereocenters. The maximum atomic E-state index is 13.4. The van der Waals surface area contributed by atoms with Gasteiger partial charge in [0.2, 0.25) is 0 Å². The molecule has 23 heavy (non-hydrogen) atoms. The molecule has 0 radical (unpaired) electrons. The largest absolute Gasteiger partial charge is 0.382 e. The van der Waals surface area contributed by atoms with Crippen molar-refractivity contribution in [2.45, 2.75) is 19.4 Å². The molecule has 120 valence electrons. The summed E-state index contributed by atoms with van der Waals surface area (Å²) >= 11 is 3.38. The summed E-state index contributed by atoms with van der Waals surface area (Å²) in [5.41, 5.74) is 1.50. The zero-order valence-electron chi connectivity index (χ0n) is 12.0. The summed E-state index contributed by atoms with van der Waals surface area (Å²) in [5.74, 6) is -4.24. The molecule has 0 amide bonds. The predicted molar refractivity (Wildman–Crippen MR) is 82.6 cm³/mol. The molecule has 0 fully saturated rings. The molecule has 3 rings (SSSR count). The third-order valence-electron chi connectivity index (χ3n) is 3.63. The predicted octanol–water partition coefficient (Wildman–Crippen LogP) is 4.16. The Bertz CT molecular complexity index is 871. The summed E-state index contributed by atoms with van der Waals surface area (Å²) in [4.78, 5) is 4.43. The number of pyridine rings is 1. The van der Waals surface area contributed by atoms with Crippen LogP contribution in [-0.4, -0.2) is 14.5 Å². The Morgan fingerprint density at radius 2 is 1.91 bits per heavy atom. The maximum absolute atomic E-state index is 13.4. The summed E-state index contributed by atoms with van der Waals surface area (Å²) in [7, 11) is 0. The van der Waals surface area contributed by atoms with Crippen molar-refractivity contribution in [3.8, 4) is 0 Å². The van der Waals surface area contributed by atoms with Crippen LogP contribution in [0.3, 0.4) is 0 Å². The Hall–Kier alpha value is -1.86. The number of fused-ring (bicyclic) bond motifs is 1. The van der Waals surface area contributed by atoms with Crippen LogP contribution in [0.5, 0.6) is 0 Å². The van der Waals surface area contributed by atoms with Crippen molar-refractivity contribution in [1.82, 2.24) is 9.38 Å². The highest BCUT2D eigenvalue weighted by atomic mass is 79.9. The smallest absolute Gasteiger partial charge is 0.194 e. The lowest BCUT2D eigenvalue weighted by atomic mass is 10.0. The van der Waals surface area contributed by atoms with Crippen LogP contribution in [0.4, 0.5) is 13.2 Å². The number of aryl methyl sites for hydroxylation is 1. The third kappa shape index (κ3) is 2.64. The zero-order valence-corrected chi connectivity index (χ0v) is 13.6. The second-order valence-electron chi connectivity index (χ2n) is 5.05. The van der Waals surface area contributed by atoms with Crippen molar-refractivity contribution in [2.75, 3.05) is 0 Å². The normalized spacial score (nSPS) is 12.8. The van der Waals surface area contributed by atoms with Gasteiger partial charge in [-0.2, -0.15) is 0 Å². The van der Waals surface area contributed by atoms with Crippen molar-refractivity contribution in [3.05, 3.63) is 69.3 Å². The van der Waals surface area contributed by atoms with E-state index in [0.29, 0.717) is 23.5 Å². The minimum absolute atomic E-state index is 0.0714. The van der Waals surface area contributed by atoms with Crippen LogP contribution in [0.15, 0.2) is 34.9 Å². The first kappa shape index (κ1) is 16.0. The quantitative estimate of drug-likeness (QED) is 0.688. The van der Waals surface area contributed by atoms with Crippen molar-refractivity contribution < 1.29 is 18.3 Å². The Morgan fingerprint density at radius 1 is 1.26 bits per heavy atom. The second-order valence-corrected chi connectivity index (χ2v) is 5.90. The number of aliphatic hydroxyl groups excluding tert-OH is 1. The SMILES string of the molecule is CCc1nc2c(Br)cccn2c1C(O)c1cc(F)c(F)c(F)c1. The molecule has 0 aliphatic carbocycles. The summed E-state index contributed by atoms with van der Waals surface area (Å²) in [5, 5.41) is 10.6. The van der Waals surface area contributed by atoms with E-state index in [1.165, 1.54) is 0 Å². The molecular formula is C16H12BrF3N2O. The number of aromatic nitrogens is 2. The molecule has 2 aromatic heterocycles. The first-order valence-corrected chi connectivity index (χ1v) is 7.71. The van der Waals surface area contributed by atoms with Crippen molar-refractivity contribution in [2.24, 2.45) is 0 Å². The van der Waals surface area contributed by atoms with Gasteiger partial charge in [-0.3, -0.25) is 4.40 Å². The van der Waals surface area contributed by atoms with Gasteiger partial charge >= 0.3 is 0 Å². The molecule has 1 atom stereocenters. The fraction of sp³-hybridized carbons (Fsp3) is 0.188. The van der Waals surface area contributed by atoms with Gasteiger partial charge < -0.3 is 5.11 Å². The molecule has 0 aliphatic heterocycles. The number of nitrogens with zero attached hydrogens (tertiary/aromatic N) is 2. The van der Waals surface area contributed by atoms with E-state index in [9.17, 15) is 18.3 Å². The average Bonchev–Trinajstić information content (AvgIpc) is 2.91. The molecule has 3 nitrogen and oxygen atoms in total. The topological polar surface area (TPSA) is 37.5 Å². The number of aliphatic hydroxyl groups is 1. The highest BCUT2D eigenvalue weighted by Gasteiger charge is 2.23. The Kier molecular flexibility index (Phi) is 4.16. The Balaban J connectivity index is 2.21. The fourth-order valence-corrected chi connectivity index (χ4v) is 2.97. The molecule has 7 heteroatoms. The maximum Gasteiger partial charge on any atom is 0.194 e. The van der Waals surface area contributed by atoms with Gasteiger partial charge in [-0.05, 0) is 52.2 Å². The highest BCUT2D eigenvalue weighted by Crippen LogP contribution is 2.30. The summed E-state index contributed by atoms with van der Waals surface area (Å²) in [6.07, 6.45) is 0.882. The summed E-state index contributed by atoms with van der Waals surface area (Å²) in [6, 6.07) is 5.13. The second kappa shape index (κ2) is 5.98. The first-order chi connectivity index (χ1) is 10.9. The monoisotopic (exact) mass is 384 g/mol. The standard InChI is InChI=1S/C16H12BrF3N2O/c1-2-12-14(22-5-3-4-9(17)16(22)21-12)15(23)8-6-10(18)13(20)11(19)7-8/h3-7,15,23H,2H2,1H3. The number of hydrogen-bond donors (Lipinski definition) is 1. The number of halogens is 4. The molecule has 0 saturated carbocycles. The van der Waals surface area contributed by atoms with E-state index in [0.717, 1.165) is 16.6 Å². The number of benzene rings is 1. The van der Waals surface area contributed by atoms with E-state index in [-0.39, 0.29) is 5.56 Å². The minimum atomic E-state index is -1.56. The van der Waals surface area contributed by atoms with E-state index >= 15 is 0 Å². The van der Waals surface area contributed by atoms with Gasteiger partial charge in [-0.25, -0.2) is 18.2 Å². The van der Waals surface area contributed by atoms with Crippen LogP contribution in [0.1, 0.15) is 30.0 Å². The van der Waals surface area contributed by atoms with Crippen LogP contribution in [0, 0.1) is 17.5 Å². The lowest BCUT2D eigenvalue weighted by Crippen LogP contribution is -2.08. The van der Waals surface area contributed by atoms with Crippen molar-refractivity contribution in [1.29, 1.82) is 0 Å². The van der Waals surface area contributed by atoms with Gasteiger partial charge in [0.15, 0.2) is 23.1 Å². The number of imidazole rings is 1. The summed E-state index contributed by atoms with van der Waals surface area (Å²) in [6.45, 7) is 1.86.